The molecule has 1 saturated carbocycles. The van der Waals surface area contributed by atoms with E-state index in [9.17, 15) is 19.5 Å². The van der Waals surface area contributed by atoms with Gasteiger partial charge in [0.25, 0.3) is 5.91 Å². The van der Waals surface area contributed by atoms with E-state index in [1.807, 2.05) is 32.2 Å². The summed E-state index contributed by atoms with van der Waals surface area (Å²) in [6, 6.07) is 8.44. The maximum absolute atomic E-state index is 16.7. The minimum absolute atomic E-state index is 0.0620. The van der Waals surface area contributed by atoms with Crippen molar-refractivity contribution in [3.8, 4) is 22.9 Å². The normalized spacial score (nSPS) is 22.3. The number of fused-ring (bicyclic) bond motifs is 5. The second-order valence-corrected chi connectivity index (χ2v) is 19.4. The number of ether oxygens (including phenoxy) is 5. The van der Waals surface area contributed by atoms with Crippen LogP contribution in [-0.4, -0.2) is 117 Å². The molecule has 5 aliphatic heterocycles. The number of hydrogen-bond donors (Lipinski definition) is 1. The van der Waals surface area contributed by atoms with Gasteiger partial charge >= 0.3 is 18.1 Å². The highest BCUT2D eigenvalue weighted by molar-refractivity contribution is 6.06. The highest BCUT2D eigenvalue weighted by Crippen LogP contribution is 2.54. The Hall–Kier alpha value is -6.07. The van der Waals surface area contributed by atoms with Gasteiger partial charge in [-0.05, 0) is 97.7 Å². The maximum Gasteiger partial charge on any atom is 0.407 e. The van der Waals surface area contributed by atoms with Gasteiger partial charge in [-0.1, -0.05) is 19.9 Å². The number of aromatic nitrogens is 4. The molecule has 2 amide bonds. The second-order valence-electron chi connectivity index (χ2n) is 19.4. The van der Waals surface area contributed by atoms with Gasteiger partial charge < -0.3 is 43.5 Å². The second kappa shape index (κ2) is 17.2. The highest BCUT2D eigenvalue weighted by Gasteiger charge is 2.47. The largest absolute Gasteiger partial charge is 0.486 e. The van der Waals surface area contributed by atoms with Gasteiger partial charge in [-0.2, -0.15) is 15.1 Å². The summed E-state index contributed by atoms with van der Waals surface area (Å²) in [7, 11) is 1.33. The van der Waals surface area contributed by atoms with Crippen LogP contribution in [0.25, 0.3) is 32.9 Å². The third kappa shape index (κ3) is 7.67. The van der Waals surface area contributed by atoms with E-state index in [1.165, 1.54) is 12.0 Å². The van der Waals surface area contributed by atoms with Crippen molar-refractivity contribution in [3.05, 3.63) is 70.2 Å². The first-order valence-corrected chi connectivity index (χ1v) is 23.8. The highest BCUT2D eigenvalue weighted by atomic mass is 19.1. The predicted octanol–water partition coefficient (Wildman–Crippen LogP) is 7.90. The van der Waals surface area contributed by atoms with E-state index in [2.05, 4.69) is 11.0 Å². The Morgan fingerprint density at radius 1 is 0.970 bits per heavy atom. The molecule has 0 spiro atoms. The summed E-state index contributed by atoms with van der Waals surface area (Å²) in [5.41, 5.74) is 6.01. The first-order chi connectivity index (χ1) is 32.5. The van der Waals surface area contributed by atoms with Crippen LogP contribution in [0, 0.1) is 18.7 Å². The number of anilines is 1. The van der Waals surface area contributed by atoms with E-state index in [1.54, 1.807) is 28.6 Å². The zero-order chi connectivity index (χ0) is 46.2. The standard InChI is InChI=1S/C50H56FN7O9/c1-26(2)44(48(60)63-4)57-22-30-17-28(8-11-34(30)47(57)59)25-66-45-42(41-27(3)38(51)20-39-37(41)21-52-58(39)40-7-5-6-14-65-40)35(29-9-10-29)19-36-43(45)53-49(67-33-12-15-64-16-13-33)54-46(36)55-23-32-18-31(55)24-56(32)50(61)62/h8,11,17,19-21,26,29,31-33,40,44H,5-7,9-10,12-16,18,22-25H2,1-4H3,(H,61,62)/t31-,32-,40?,44-/m0/s1. The van der Waals surface area contributed by atoms with Crippen LogP contribution in [-0.2, 0) is 32.2 Å². The molecule has 7 heterocycles. The molecule has 3 aromatic carbocycles. The first-order valence-electron chi connectivity index (χ1n) is 23.8. The number of carbonyl (C=O) groups is 3. The number of carboxylic acid groups (broad SMARTS) is 1. The van der Waals surface area contributed by atoms with Gasteiger partial charge in [-0.15, -0.1) is 0 Å². The fraction of sp³-hybridized carbons (Fsp3) is 0.520. The minimum Gasteiger partial charge on any atom is -0.486 e. The topological polar surface area (TPSA) is 171 Å². The van der Waals surface area contributed by atoms with Crippen LogP contribution in [0.15, 0.2) is 36.5 Å². The molecule has 5 aromatic rings. The summed E-state index contributed by atoms with van der Waals surface area (Å²) in [5.74, 6) is -0.0146. The Balaban J connectivity index is 1.09. The molecular weight excluding hydrogens is 862 g/mol. The summed E-state index contributed by atoms with van der Waals surface area (Å²) < 4.78 is 49.3. The van der Waals surface area contributed by atoms with Crippen LogP contribution in [0.1, 0.15) is 110 Å². The van der Waals surface area contributed by atoms with Crippen LogP contribution < -0.4 is 14.4 Å². The van der Waals surface area contributed by atoms with Gasteiger partial charge in [0.2, 0.25) is 0 Å². The van der Waals surface area contributed by atoms with Crippen molar-refractivity contribution in [2.45, 2.75) is 122 Å². The van der Waals surface area contributed by atoms with Gasteiger partial charge in [0, 0.05) is 72.6 Å². The fourth-order valence-corrected chi connectivity index (χ4v) is 11.2. The zero-order valence-electron chi connectivity index (χ0n) is 38.3. The van der Waals surface area contributed by atoms with E-state index in [0.717, 1.165) is 65.1 Å². The molecule has 17 heteroatoms. The van der Waals surface area contributed by atoms with Crippen molar-refractivity contribution in [2.24, 2.45) is 5.92 Å². The molecule has 11 rings (SSSR count). The van der Waals surface area contributed by atoms with Gasteiger partial charge in [0.1, 0.15) is 35.9 Å². The number of likely N-dealkylation sites (tertiary alicyclic amines) is 1. The number of piperazine rings is 1. The number of methoxy groups -OCH3 is 1. The number of halogens is 1. The molecule has 1 aliphatic carbocycles. The van der Waals surface area contributed by atoms with Crippen LogP contribution in [0.4, 0.5) is 15.0 Å². The SMILES string of the molecule is COC(=O)[C@H](C(C)C)N1Cc2cc(COc3c(-c4c(C)c(F)cc5c4cnn5C4CCCCO4)c(C4CC4)cc4c(N5C[C@@H]6C[C@H]5CN6C(=O)O)nc(OC5CCOCC5)nc34)ccc2C1=O. The molecule has 16 nitrogen and oxygen atoms in total. The quantitative estimate of drug-likeness (QED) is 0.120. The zero-order valence-corrected chi connectivity index (χ0v) is 38.3. The van der Waals surface area contributed by atoms with E-state index in [4.69, 9.17) is 38.8 Å². The summed E-state index contributed by atoms with van der Waals surface area (Å²) >= 11 is 0. The molecule has 0 radical (unpaired) electrons. The Kier molecular flexibility index (Phi) is 11.2. The molecule has 4 atom stereocenters. The molecule has 2 bridgehead atoms. The number of rotatable bonds is 12. The fourth-order valence-electron chi connectivity index (χ4n) is 11.2. The number of nitrogens with zero attached hydrogens (tertiary/aromatic N) is 7. The molecule has 352 valence electrons. The average molecular weight is 918 g/mol. The molecule has 4 saturated heterocycles. The summed E-state index contributed by atoms with van der Waals surface area (Å²) in [5, 5.41) is 16.4. The van der Waals surface area contributed by atoms with Crippen LogP contribution in [0.3, 0.4) is 0 Å². The smallest absolute Gasteiger partial charge is 0.407 e. The van der Waals surface area contributed by atoms with Crippen LogP contribution >= 0.6 is 0 Å². The molecule has 6 aliphatic rings. The molecule has 67 heavy (non-hydrogen) atoms. The van der Waals surface area contributed by atoms with Crippen molar-refractivity contribution in [1.29, 1.82) is 0 Å². The average Bonchev–Trinajstić information content (AvgIpc) is 3.59. The summed E-state index contributed by atoms with van der Waals surface area (Å²) in [6.45, 7) is 8.40. The van der Waals surface area contributed by atoms with Crippen LogP contribution in [0.2, 0.25) is 0 Å². The van der Waals surface area contributed by atoms with Gasteiger partial charge in [0.05, 0.1) is 44.1 Å². The molecule has 5 fully saturated rings. The Morgan fingerprint density at radius 3 is 2.49 bits per heavy atom. The predicted molar refractivity (Wildman–Crippen MR) is 244 cm³/mol. The Morgan fingerprint density at radius 2 is 1.79 bits per heavy atom. The number of carbonyl (C=O) groups excluding carboxylic acids is 2. The van der Waals surface area contributed by atoms with Crippen LogP contribution in [0.5, 0.6) is 11.8 Å². The van der Waals surface area contributed by atoms with Crippen molar-refractivity contribution >= 4 is 45.6 Å². The Bertz CT molecular complexity index is 2800. The van der Waals surface area contributed by atoms with E-state index >= 15 is 4.39 Å². The van der Waals surface area contributed by atoms with E-state index in [-0.39, 0.29) is 67.1 Å². The first kappa shape index (κ1) is 43.5. The lowest BCUT2D eigenvalue weighted by Gasteiger charge is -2.34. The third-order valence-corrected chi connectivity index (χ3v) is 14.7. The summed E-state index contributed by atoms with van der Waals surface area (Å²) in [6.07, 6.45) is 6.93. The molecular formula is C50H56FN7O9. The number of esters is 1. The van der Waals surface area contributed by atoms with Gasteiger partial charge in [-0.3, -0.25) is 4.79 Å². The monoisotopic (exact) mass is 917 g/mol. The lowest BCUT2D eigenvalue weighted by molar-refractivity contribution is -0.147. The third-order valence-electron chi connectivity index (χ3n) is 14.7. The van der Waals surface area contributed by atoms with E-state index in [0.29, 0.717) is 91.5 Å². The van der Waals surface area contributed by atoms with E-state index < -0.39 is 18.1 Å². The maximum atomic E-state index is 16.7. The number of benzene rings is 3. The van der Waals surface area contributed by atoms with Crippen molar-refractivity contribution in [3.63, 3.8) is 0 Å². The molecule has 1 N–H and O–H groups in total. The van der Waals surface area contributed by atoms with Crippen molar-refractivity contribution < 1.29 is 47.6 Å². The molecule has 1 unspecified atom stereocenters. The lowest BCUT2D eigenvalue weighted by Crippen LogP contribution is -2.48. The van der Waals surface area contributed by atoms with Gasteiger partial charge in [-0.25, -0.2) is 18.7 Å². The van der Waals surface area contributed by atoms with Crippen molar-refractivity contribution in [2.75, 3.05) is 44.9 Å². The molecule has 2 aromatic heterocycles. The van der Waals surface area contributed by atoms with Gasteiger partial charge in [0.15, 0.2) is 12.0 Å². The lowest BCUT2D eigenvalue weighted by atomic mass is 9.88. The number of amides is 2. The van der Waals surface area contributed by atoms with Crippen molar-refractivity contribution in [1.82, 2.24) is 29.5 Å². The number of hydrogen-bond acceptors (Lipinski definition) is 12. The minimum atomic E-state index is -0.929. The Labute approximate surface area is 387 Å². The summed E-state index contributed by atoms with van der Waals surface area (Å²) in [4.78, 5) is 54.6.